The third kappa shape index (κ3) is 3.71. The minimum atomic E-state index is -3.85. The number of halogens is 2. The minimum absolute atomic E-state index is 0.105. The molecular formula is C16H15Cl2NO4S2. The van der Waals surface area contributed by atoms with Gasteiger partial charge in [-0.2, -0.15) is 0 Å². The molecule has 0 saturated carbocycles. The molecule has 9 heteroatoms. The van der Waals surface area contributed by atoms with E-state index in [0.717, 1.165) is 0 Å². The average molecular weight is 420 g/mol. The highest BCUT2D eigenvalue weighted by Crippen LogP contribution is 2.35. The van der Waals surface area contributed by atoms with E-state index in [4.69, 9.17) is 23.2 Å². The lowest BCUT2D eigenvalue weighted by molar-refractivity contribution is 0.527. The fraction of sp³-hybridized carbons (Fsp3) is 0.250. The Morgan fingerprint density at radius 1 is 1.08 bits per heavy atom. The highest BCUT2D eigenvalue weighted by atomic mass is 35.5. The van der Waals surface area contributed by atoms with E-state index in [0.29, 0.717) is 21.2 Å². The van der Waals surface area contributed by atoms with Crippen LogP contribution in [0.25, 0.3) is 0 Å². The van der Waals surface area contributed by atoms with E-state index in [2.05, 4.69) is 4.72 Å². The molecule has 2 aromatic rings. The molecule has 1 heterocycles. The molecule has 3 rings (SSSR count). The van der Waals surface area contributed by atoms with Gasteiger partial charge in [0.05, 0.1) is 15.5 Å². The molecule has 25 heavy (non-hydrogen) atoms. The lowest BCUT2D eigenvalue weighted by Gasteiger charge is -2.26. The van der Waals surface area contributed by atoms with Gasteiger partial charge in [-0.05, 0) is 60.9 Å². The summed E-state index contributed by atoms with van der Waals surface area (Å²) in [6.07, 6.45) is 0.140. The highest BCUT2D eigenvalue weighted by molar-refractivity contribution is 7.91. The number of sulfone groups is 1. The summed E-state index contributed by atoms with van der Waals surface area (Å²) in [5.74, 6) is -0.131. The number of nitrogens with one attached hydrogen (secondary N) is 1. The molecule has 2 aromatic carbocycles. The smallest absolute Gasteiger partial charge is 0.224 e. The maximum atomic E-state index is 12.8. The number of sulfonamides is 1. The molecule has 0 aromatic heterocycles. The van der Waals surface area contributed by atoms with Crippen LogP contribution in [-0.4, -0.2) is 22.6 Å². The number of fused-ring (bicyclic) bond motifs is 1. The molecule has 134 valence electrons. The summed E-state index contributed by atoms with van der Waals surface area (Å²) in [5.41, 5.74) is 0.878. The van der Waals surface area contributed by atoms with E-state index in [-0.39, 0.29) is 22.0 Å². The lowest BCUT2D eigenvalue weighted by atomic mass is 10.1. The molecule has 0 saturated heterocycles. The summed E-state index contributed by atoms with van der Waals surface area (Å²) in [7, 11) is -7.28. The van der Waals surface area contributed by atoms with Crippen LogP contribution in [0, 0.1) is 6.92 Å². The summed E-state index contributed by atoms with van der Waals surface area (Å²) in [5, 5.41) is 0.792. The molecule has 0 radical (unpaired) electrons. The molecule has 1 aliphatic heterocycles. The van der Waals surface area contributed by atoms with Gasteiger partial charge in [-0.15, -0.1) is 0 Å². The van der Waals surface area contributed by atoms with Gasteiger partial charge >= 0.3 is 0 Å². The van der Waals surface area contributed by atoms with Crippen molar-refractivity contribution in [1.29, 1.82) is 0 Å². The molecule has 0 bridgehead atoms. The van der Waals surface area contributed by atoms with Crippen LogP contribution in [0.5, 0.6) is 0 Å². The number of aryl methyl sites for hydroxylation is 1. The Morgan fingerprint density at radius 2 is 1.72 bits per heavy atom. The van der Waals surface area contributed by atoms with E-state index in [1.54, 1.807) is 13.0 Å². The summed E-state index contributed by atoms with van der Waals surface area (Å²) in [4.78, 5) is 0.220. The molecule has 1 N–H and O–H groups in total. The molecule has 1 aliphatic rings. The first kappa shape index (κ1) is 18.7. The Balaban J connectivity index is 2.02. The number of rotatable bonds is 3. The van der Waals surface area contributed by atoms with Gasteiger partial charge in [0.1, 0.15) is 0 Å². The average Bonchev–Trinajstić information content (AvgIpc) is 2.49. The van der Waals surface area contributed by atoms with E-state index < -0.39 is 25.9 Å². The third-order valence-corrected chi connectivity index (χ3v) is 8.00. The van der Waals surface area contributed by atoms with E-state index in [1.807, 2.05) is 0 Å². The van der Waals surface area contributed by atoms with Crippen molar-refractivity contribution < 1.29 is 16.8 Å². The summed E-state index contributed by atoms with van der Waals surface area (Å²) in [6, 6.07) is 8.22. The fourth-order valence-corrected chi connectivity index (χ4v) is 6.39. The fourth-order valence-electron chi connectivity index (χ4n) is 2.90. The zero-order chi connectivity index (χ0) is 18.4. The van der Waals surface area contributed by atoms with E-state index in [9.17, 15) is 16.8 Å². The van der Waals surface area contributed by atoms with Gasteiger partial charge in [-0.1, -0.05) is 23.2 Å². The normalized spacial score (nSPS) is 19.4. The summed E-state index contributed by atoms with van der Waals surface area (Å²) in [6.45, 7) is 1.65. The Kier molecular flexibility index (Phi) is 4.89. The first-order chi connectivity index (χ1) is 11.6. The van der Waals surface area contributed by atoms with Crippen LogP contribution in [0.3, 0.4) is 0 Å². The lowest BCUT2D eigenvalue weighted by Crippen LogP contribution is -2.34. The van der Waals surface area contributed by atoms with Gasteiger partial charge < -0.3 is 0 Å². The summed E-state index contributed by atoms with van der Waals surface area (Å²) < 4.78 is 52.5. The minimum Gasteiger partial charge on any atom is -0.224 e. The second-order valence-corrected chi connectivity index (χ2v) is 10.5. The Morgan fingerprint density at radius 3 is 2.40 bits per heavy atom. The second-order valence-electron chi connectivity index (χ2n) is 5.87. The van der Waals surface area contributed by atoms with Crippen LogP contribution < -0.4 is 4.72 Å². The van der Waals surface area contributed by atoms with Crippen molar-refractivity contribution in [2.45, 2.75) is 29.2 Å². The van der Waals surface area contributed by atoms with Crippen molar-refractivity contribution >= 4 is 43.1 Å². The zero-order valence-corrected chi connectivity index (χ0v) is 16.3. The van der Waals surface area contributed by atoms with Crippen LogP contribution in [0.4, 0.5) is 0 Å². The summed E-state index contributed by atoms with van der Waals surface area (Å²) >= 11 is 11.9. The van der Waals surface area contributed by atoms with Crippen molar-refractivity contribution in [3.8, 4) is 0 Å². The SMILES string of the molecule is Cc1cc(Cl)ccc1S(=O)(=O)N[C@H]1CCS(=O)(=O)c2ccc(Cl)cc21. The zero-order valence-electron chi connectivity index (χ0n) is 13.2. The Bertz CT molecular complexity index is 1050. The van der Waals surface area contributed by atoms with Crippen LogP contribution in [0.15, 0.2) is 46.2 Å². The van der Waals surface area contributed by atoms with Crippen molar-refractivity contribution in [2.75, 3.05) is 5.75 Å². The van der Waals surface area contributed by atoms with Gasteiger partial charge in [0.15, 0.2) is 9.84 Å². The topological polar surface area (TPSA) is 80.3 Å². The molecule has 0 unspecified atom stereocenters. The van der Waals surface area contributed by atoms with Crippen LogP contribution in [0.1, 0.15) is 23.6 Å². The standard InChI is InChI=1S/C16H15Cl2NO4S2/c1-10-8-11(17)2-4-15(10)25(22,23)19-14-6-7-24(20,21)16-5-3-12(18)9-13(14)16/h2-5,8-9,14,19H,6-7H2,1H3/t14-/m0/s1. The first-order valence-electron chi connectivity index (χ1n) is 7.41. The Hall–Kier alpha value is -1.12. The first-order valence-corrected chi connectivity index (χ1v) is 11.3. The van der Waals surface area contributed by atoms with Crippen molar-refractivity contribution in [2.24, 2.45) is 0 Å². The van der Waals surface area contributed by atoms with Gasteiger partial charge in [-0.3, -0.25) is 0 Å². The van der Waals surface area contributed by atoms with Crippen molar-refractivity contribution in [3.05, 3.63) is 57.6 Å². The number of hydrogen-bond donors (Lipinski definition) is 1. The monoisotopic (exact) mass is 419 g/mol. The van der Waals surface area contributed by atoms with E-state index in [1.165, 1.54) is 30.3 Å². The van der Waals surface area contributed by atoms with Gasteiger partial charge in [0.2, 0.25) is 10.0 Å². The van der Waals surface area contributed by atoms with Gasteiger partial charge in [0, 0.05) is 16.1 Å². The quantitative estimate of drug-likeness (QED) is 0.824. The van der Waals surface area contributed by atoms with E-state index >= 15 is 0 Å². The highest BCUT2D eigenvalue weighted by Gasteiger charge is 2.33. The van der Waals surface area contributed by atoms with Crippen molar-refractivity contribution in [1.82, 2.24) is 4.72 Å². The van der Waals surface area contributed by atoms with Crippen LogP contribution in [-0.2, 0) is 19.9 Å². The van der Waals surface area contributed by atoms with Crippen LogP contribution >= 0.6 is 23.2 Å². The second kappa shape index (κ2) is 6.55. The molecule has 0 amide bonds. The van der Waals surface area contributed by atoms with Gasteiger partial charge in [-0.25, -0.2) is 21.6 Å². The predicted octanol–water partition coefficient (Wildman–Crippen LogP) is 3.50. The molecule has 0 spiro atoms. The molecule has 0 aliphatic carbocycles. The molecule has 5 nitrogen and oxygen atoms in total. The third-order valence-electron chi connectivity index (χ3n) is 4.08. The van der Waals surface area contributed by atoms with Crippen molar-refractivity contribution in [3.63, 3.8) is 0 Å². The number of hydrogen-bond acceptors (Lipinski definition) is 4. The van der Waals surface area contributed by atoms with Crippen LogP contribution in [0.2, 0.25) is 10.0 Å². The van der Waals surface area contributed by atoms with Gasteiger partial charge in [0.25, 0.3) is 0 Å². The maximum Gasteiger partial charge on any atom is 0.241 e. The largest absolute Gasteiger partial charge is 0.241 e. The maximum absolute atomic E-state index is 12.8. The molecule has 1 atom stereocenters. The molecule has 0 fully saturated rings. The Labute approximate surface area is 156 Å². The molecular weight excluding hydrogens is 405 g/mol. The predicted molar refractivity (Wildman–Crippen MR) is 97.4 cm³/mol. The number of benzene rings is 2.